The van der Waals surface area contributed by atoms with E-state index in [1.165, 1.54) is 13.2 Å². The third kappa shape index (κ3) is 4.96. The number of nitrogens with two attached hydrogens (primary N) is 1. The first-order chi connectivity index (χ1) is 8.02. The third-order valence-corrected chi connectivity index (χ3v) is 3.64. The number of hydrogen-bond donors (Lipinski definition) is 1. The van der Waals surface area contributed by atoms with Crippen LogP contribution in [0, 0.1) is 5.82 Å². The Labute approximate surface area is 107 Å². The van der Waals surface area contributed by atoms with Gasteiger partial charge in [0.2, 0.25) is 0 Å². The van der Waals surface area contributed by atoms with Gasteiger partial charge in [0.25, 0.3) is 0 Å². The van der Waals surface area contributed by atoms with E-state index in [9.17, 15) is 4.39 Å². The molecule has 1 rings (SSSR count). The molecule has 0 spiro atoms. The molecule has 1 atom stereocenters. The zero-order valence-corrected chi connectivity index (χ0v) is 11.4. The minimum Gasteiger partial charge on any atom is -0.494 e. The molecule has 1 unspecified atom stereocenters. The van der Waals surface area contributed by atoms with E-state index in [0.717, 1.165) is 11.3 Å². The van der Waals surface area contributed by atoms with Gasteiger partial charge in [-0.15, -0.1) is 0 Å². The van der Waals surface area contributed by atoms with Crippen LogP contribution >= 0.6 is 11.8 Å². The van der Waals surface area contributed by atoms with Gasteiger partial charge in [-0.2, -0.15) is 11.8 Å². The van der Waals surface area contributed by atoms with Crippen LogP contribution in [-0.4, -0.2) is 24.2 Å². The molecule has 4 heteroatoms. The third-order valence-electron chi connectivity index (χ3n) is 2.36. The highest BCUT2D eigenvalue weighted by molar-refractivity contribution is 7.99. The standard InChI is InChI=1S/C13H20FNOS/c1-9(2)17-8-11(15)6-10-4-5-13(16-3)12(14)7-10/h4-5,7,9,11H,6,8,15H2,1-3H3. The topological polar surface area (TPSA) is 35.2 Å². The van der Waals surface area contributed by atoms with Crippen molar-refractivity contribution in [3.63, 3.8) is 0 Å². The number of ether oxygens (including phenoxy) is 1. The molecule has 1 aromatic rings. The van der Waals surface area contributed by atoms with E-state index in [1.807, 2.05) is 17.8 Å². The second-order valence-corrected chi connectivity index (χ2v) is 5.92. The first kappa shape index (κ1) is 14.3. The summed E-state index contributed by atoms with van der Waals surface area (Å²) in [6.45, 7) is 4.29. The molecule has 96 valence electrons. The number of methoxy groups -OCH3 is 1. The average molecular weight is 257 g/mol. The summed E-state index contributed by atoms with van der Waals surface area (Å²) >= 11 is 1.83. The van der Waals surface area contributed by atoms with Crippen LogP contribution in [0.1, 0.15) is 19.4 Å². The second-order valence-electron chi connectivity index (χ2n) is 4.32. The quantitative estimate of drug-likeness (QED) is 0.851. The summed E-state index contributed by atoms with van der Waals surface area (Å²) in [6.07, 6.45) is 0.695. The number of benzene rings is 1. The molecular formula is C13H20FNOS. The van der Waals surface area contributed by atoms with Gasteiger partial charge in [0, 0.05) is 11.8 Å². The zero-order valence-electron chi connectivity index (χ0n) is 10.6. The summed E-state index contributed by atoms with van der Waals surface area (Å²) in [4.78, 5) is 0. The summed E-state index contributed by atoms with van der Waals surface area (Å²) in [7, 11) is 1.46. The molecule has 0 aliphatic rings. The van der Waals surface area contributed by atoms with E-state index in [0.29, 0.717) is 11.7 Å². The van der Waals surface area contributed by atoms with Gasteiger partial charge in [-0.25, -0.2) is 4.39 Å². The maximum Gasteiger partial charge on any atom is 0.165 e. The van der Waals surface area contributed by atoms with Gasteiger partial charge < -0.3 is 10.5 Å². The van der Waals surface area contributed by atoms with Crippen molar-refractivity contribution in [2.24, 2.45) is 5.73 Å². The van der Waals surface area contributed by atoms with Crippen molar-refractivity contribution in [1.29, 1.82) is 0 Å². The van der Waals surface area contributed by atoms with Crippen molar-refractivity contribution in [1.82, 2.24) is 0 Å². The minimum atomic E-state index is -0.325. The van der Waals surface area contributed by atoms with Crippen LogP contribution in [0.25, 0.3) is 0 Å². The van der Waals surface area contributed by atoms with Crippen molar-refractivity contribution >= 4 is 11.8 Å². The Morgan fingerprint density at radius 1 is 1.41 bits per heavy atom. The highest BCUT2D eigenvalue weighted by atomic mass is 32.2. The second kappa shape index (κ2) is 6.87. The largest absolute Gasteiger partial charge is 0.494 e. The smallest absolute Gasteiger partial charge is 0.165 e. The normalized spacial score (nSPS) is 12.8. The number of rotatable bonds is 6. The fourth-order valence-corrected chi connectivity index (χ4v) is 2.26. The SMILES string of the molecule is COc1ccc(CC(N)CSC(C)C)cc1F. The molecule has 0 bridgehead atoms. The van der Waals surface area contributed by atoms with Gasteiger partial charge in [0.1, 0.15) is 0 Å². The van der Waals surface area contributed by atoms with Gasteiger partial charge >= 0.3 is 0 Å². The van der Waals surface area contributed by atoms with E-state index in [2.05, 4.69) is 13.8 Å². The van der Waals surface area contributed by atoms with E-state index in [1.54, 1.807) is 6.07 Å². The molecule has 1 aromatic carbocycles. The van der Waals surface area contributed by atoms with E-state index in [4.69, 9.17) is 10.5 Å². The van der Waals surface area contributed by atoms with Crippen LogP contribution < -0.4 is 10.5 Å². The lowest BCUT2D eigenvalue weighted by Gasteiger charge is -2.13. The summed E-state index contributed by atoms with van der Waals surface area (Å²) in [5.41, 5.74) is 6.92. The molecule has 2 N–H and O–H groups in total. The van der Waals surface area contributed by atoms with Crippen molar-refractivity contribution in [2.75, 3.05) is 12.9 Å². The molecule has 0 aliphatic carbocycles. The number of halogens is 1. The Bertz CT molecular complexity index is 357. The molecule has 0 radical (unpaired) electrons. The number of hydrogen-bond acceptors (Lipinski definition) is 3. The first-order valence-corrected chi connectivity index (χ1v) is 6.77. The molecule has 0 heterocycles. The fraction of sp³-hybridized carbons (Fsp3) is 0.538. The zero-order chi connectivity index (χ0) is 12.8. The maximum absolute atomic E-state index is 13.4. The summed E-state index contributed by atoms with van der Waals surface area (Å²) in [5, 5.41) is 0.577. The van der Waals surface area contributed by atoms with Gasteiger partial charge in [0.15, 0.2) is 11.6 Å². The molecule has 2 nitrogen and oxygen atoms in total. The van der Waals surface area contributed by atoms with Crippen LogP contribution in [0.3, 0.4) is 0 Å². The molecule has 0 aromatic heterocycles. The average Bonchev–Trinajstić information content (AvgIpc) is 2.26. The predicted molar refractivity (Wildman–Crippen MR) is 72.2 cm³/mol. The molecule has 0 amide bonds. The summed E-state index contributed by atoms with van der Waals surface area (Å²) in [6, 6.07) is 5.07. The molecule has 17 heavy (non-hydrogen) atoms. The molecule has 0 fully saturated rings. The highest BCUT2D eigenvalue weighted by Gasteiger charge is 2.08. The van der Waals surface area contributed by atoms with Crippen molar-refractivity contribution in [3.8, 4) is 5.75 Å². The maximum atomic E-state index is 13.4. The van der Waals surface area contributed by atoms with Crippen molar-refractivity contribution in [2.45, 2.75) is 31.6 Å². The highest BCUT2D eigenvalue weighted by Crippen LogP contribution is 2.19. The monoisotopic (exact) mass is 257 g/mol. The number of thioether (sulfide) groups is 1. The summed E-state index contributed by atoms with van der Waals surface area (Å²) < 4.78 is 18.3. The first-order valence-electron chi connectivity index (χ1n) is 5.72. The van der Waals surface area contributed by atoms with Crippen LogP contribution in [0.2, 0.25) is 0 Å². The van der Waals surface area contributed by atoms with Gasteiger partial charge in [0.05, 0.1) is 7.11 Å². The van der Waals surface area contributed by atoms with Gasteiger partial charge in [-0.3, -0.25) is 0 Å². The van der Waals surface area contributed by atoms with Gasteiger partial charge in [-0.05, 0) is 29.4 Å². The Hall–Kier alpha value is -0.740. The van der Waals surface area contributed by atoms with E-state index < -0.39 is 0 Å². The lowest BCUT2D eigenvalue weighted by Crippen LogP contribution is -2.26. The van der Waals surface area contributed by atoms with Crippen LogP contribution in [0.5, 0.6) is 5.75 Å². The van der Waals surface area contributed by atoms with Crippen molar-refractivity contribution in [3.05, 3.63) is 29.6 Å². The molecule has 0 aliphatic heterocycles. The Kier molecular flexibility index (Phi) is 5.78. The van der Waals surface area contributed by atoms with Crippen LogP contribution in [0.15, 0.2) is 18.2 Å². The molecular weight excluding hydrogens is 237 g/mol. The fourth-order valence-electron chi connectivity index (χ4n) is 1.51. The Morgan fingerprint density at radius 2 is 2.12 bits per heavy atom. The Morgan fingerprint density at radius 3 is 2.65 bits per heavy atom. The molecule has 0 saturated heterocycles. The Balaban J connectivity index is 2.53. The molecule has 0 saturated carbocycles. The summed E-state index contributed by atoms with van der Waals surface area (Å²) in [5.74, 6) is 0.846. The van der Waals surface area contributed by atoms with Gasteiger partial charge in [-0.1, -0.05) is 19.9 Å². The lowest BCUT2D eigenvalue weighted by atomic mass is 10.1. The minimum absolute atomic E-state index is 0.0650. The van der Waals surface area contributed by atoms with Crippen molar-refractivity contribution < 1.29 is 9.13 Å². The predicted octanol–water partition coefficient (Wildman–Crippen LogP) is 2.85. The van der Waals surface area contributed by atoms with E-state index >= 15 is 0 Å². The van der Waals surface area contributed by atoms with E-state index in [-0.39, 0.29) is 17.6 Å². The van der Waals surface area contributed by atoms with Crippen LogP contribution in [-0.2, 0) is 6.42 Å². The van der Waals surface area contributed by atoms with Crippen LogP contribution in [0.4, 0.5) is 4.39 Å². The lowest BCUT2D eigenvalue weighted by molar-refractivity contribution is 0.386.